The predicted molar refractivity (Wildman–Crippen MR) is 57.1 cm³/mol. The van der Waals surface area contributed by atoms with E-state index in [4.69, 9.17) is 0 Å². The van der Waals surface area contributed by atoms with Gasteiger partial charge in [-0.2, -0.15) is 0 Å². The lowest BCUT2D eigenvalue weighted by Crippen LogP contribution is -2.28. The van der Waals surface area contributed by atoms with Crippen LogP contribution in [0.15, 0.2) is 12.4 Å². The van der Waals surface area contributed by atoms with E-state index in [1.807, 2.05) is 13.1 Å². The third-order valence-corrected chi connectivity index (χ3v) is 2.47. The molecular weight excluding hydrogens is 176 g/mol. The molecule has 1 aromatic heterocycles. The Morgan fingerprint density at radius 1 is 1.50 bits per heavy atom. The molecule has 0 fully saturated rings. The van der Waals surface area contributed by atoms with Gasteiger partial charge in [-0.05, 0) is 20.3 Å². The van der Waals surface area contributed by atoms with Gasteiger partial charge in [0.05, 0.1) is 5.60 Å². The minimum absolute atomic E-state index is 0.618. The van der Waals surface area contributed by atoms with E-state index in [-0.39, 0.29) is 0 Å². The summed E-state index contributed by atoms with van der Waals surface area (Å²) in [6.07, 6.45) is 6.21. The molecule has 1 N–H and O–H groups in total. The van der Waals surface area contributed by atoms with Crippen LogP contribution in [0.2, 0.25) is 0 Å². The number of hydrogen-bond donors (Lipinski definition) is 1. The first-order chi connectivity index (χ1) is 6.59. The second kappa shape index (κ2) is 4.60. The average molecular weight is 196 g/mol. The lowest BCUT2D eigenvalue weighted by molar-refractivity contribution is 0.0477. The molecule has 0 saturated heterocycles. The van der Waals surface area contributed by atoms with E-state index >= 15 is 0 Å². The van der Waals surface area contributed by atoms with E-state index in [9.17, 15) is 5.11 Å². The zero-order chi connectivity index (χ0) is 10.6. The Kier molecular flexibility index (Phi) is 3.69. The first kappa shape index (κ1) is 11.2. The zero-order valence-corrected chi connectivity index (χ0v) is 9.32. The molecule has 0 bridgehead atoms. The summed E-state index contributed by atoms with van der Waals surface area (Å²) in [6.45, 7) is 6.96. The van der Waals surface area contributed by atoms with Crippen molar-refractivity contribution >= 4 is 0 Å². The molecule has 0 aromatic carbocycles. The maximum Gasteiger partial charge on any atom is 0.111 e. The van der Waals surface area contributed by atoms with E-state index in [0.29, 0.717) is 6.42 Å². The topological polar surface area (TPSA) is 38.1 Å². The average Bonchev–Trinajstić information content (AvgIpc) is 2.50. The number of nitrogens with zero attached hydrogens (tertiary/aromatic N) is 2. The molecule has 1 rings (SSSR count). The van der Waals surface area contributed by atoms with Crippen LogP contribution in [-0.4, -0.2) is 20.3 Å². The van der Waals surface area contributed by atoms with Crippen molar-refractivity contribution in [1.29, 1.82) is 0 Å². The molecule has 80 valence electrons. The summed E-state index contributed by atoms with van der Waals surface area (Å²) < 4.78 is 2.07. The molecule has 3 nitrogen and oxygen atoms in total. The van der Waals surface area contributed by atoms with Crippen LogP contribution in [0.4, 0.5) is 0 Å². The van der Waals surface area contributed by atoms with Crippen LogP contribution in [-0.2, 0) is 13.0 Å². The number of hydrogen-bond acceptors (Lipinski definition) is 2. The molecule has 0 amide bonds. The van der Waals surface area contributed by atoms with Crippen LogP contribution >= 0.6 is 0 Å². The second-order valence-corrected chi connectivity index (χ2v) is 4.05. The Morgan fingerprint density at radius 2 is 2.21 bits per heavy atom. The van der Waals surface area contributed by atoms with Gasteiger partial charge in [0.1, 0.15) is 5.82 Å². The van der Waals surface area contributed by atoms with Crippen LogP contribution in [0.25, 0.3) is 0 Å². The third-order valence-electron chi connectivity index (χ3n) is 2.47. The van der Waals surface area contributed by atoms with Crippen molar-refractivity contribution in [3.05, 3.63) is 18.2 Å². The van der Waals surface area contributed by atoms with Gasteiger partial charge in [-0.3, -0.25) is 0 Å². The minimum Gasteiger partial charge on any atom is -0.390 e. The van der Waals surface area contributed by atoms with Crippen LogP contribution in [0.3, 0.4) is 0 Å². The Labute approximate surface area is 85.8 Å². The fourth-order valence-corrected chi connectivity index (χ4v) is 1.76. The highest BCUT2D eigenvalue weighted by atomic mass is 16.3. The van der Waals surface area contributed by atoms with Gasteiger partial charge < -0.3 is 9.67 Å². The van der Waals surface area contributed by atoms with E-state index in [2.05, 4.69) is 23.4 Å². The quantitative estimate of drug-likeness (QED) is 0.782. The lowest BCUT2D eigenvalue weighted by Gasteiger charge is -2.22. The Balaban J connectivity index is 2.67. The van der Waals surface area contributed by atoms with Crippen molar-refractivity contribution in [2.24, 2.45) is 0 Å². The zero-order valence-electron chi connectivity index (χ0n) is 9.32. The maximum atomic E-state index is 10.1. The van der Waals surface area contributed by atoms with Gasteiger partial charge in [-0.25, -0.2) is 4.98 Å². The molecule has 1 aromatic rings. The standard InChI is InChI=1S/C11H20N2O/c1-4-6-11(3,14)9-10-12-7-8-13(10)5-2/h7-8,14H,4-6,9H2,1-3H3. The molecule has 1 unspecified atom stereocenters. The summed E-state index contributed by atoms with van der Waals surface area (Å²) in [4.78, 5) is 4.26. The van der Waals surface area contributed by atoms with Crippen LogP contribution in [0.5, 0.6) is 0 Å². The summed E-state index contributed by atoms with van der Waals surface area (Å²) in [5.74, 6) is 0.978. The number of rotatable bonds is 5. The minimum atomic E-state index is -0.618. The molecular formula is C11H20N2O. The molecule has 0 saturated carbocycles. The molecule has 0 aliphatic heterocycles. The number of aliphatic hydroxyl groups is 1. The number of imidazole rings is 1. The van der Waals surface area contributed by atoms with Crippen molar-refractivity contribution in [2.75, 3.05) is 0 Å². The molecule has 1 heterocycles. The summed E-state index contributed by atoms with van der Waals surface area (Å²) in [7, 11) is 0. The molecule has 1 atom stereocenters. The van der Waals surface area contributed by atoms with Crippen LogP contribution in [0.1, 0.15) is 39.4 Å². The number of aromatic nitrogens is 2. The molecule has 0 aliphatic carbocycles. The Morgan fingerprint density at radius 3 is 2.79 bits per heavy atom. The smallest absolute Gasteiger partial charge is 0.111 e. The van der Waals surface area contributed by atoms with E-state index < -0.39 is 5.60 Å². The van der Waals surface area contributed by atoms with Crippen molar-refractivity contribution < 1.29 is 5.11 Å². The van der Waals surface area contributed by atoms with Gasteiger partial charge in [-0.15, -0.1) is 0 Å². The van der Waals surface area contributed by atoms with Crippen LogP contribution < -0.4 is 0 Å². The largest absolute Gasteiger partial charge is 0.390 e. The van der Waals surface area contributed by atoms with Crippen molar-refractivity contribution in [3.8, 4) is 0 Å². The number of aryl methyl sites for hydroxylation is 1. The van der Waals surface area contributed by atoms with Gasteiger partial charge >= 0.3 is 0 Å². The maximum absolute atomic E-state index is 10.1. The lowest BCUT2D eigenvalue weighted by atomic mass is 9.96. The molecule has 14 heavy (non-hydrogen) atoms. The summed E-state index contributed by atoms with van der Waals surface area (Å²) in [5, 5.41) is 10.1. The normalized spacial score (nSPS) is 15.4. The first-order valence-electron chi connectivity index (χ1n) is 5.31. The SMILES string of the molecule is CCCC(C)(O)Cc1nccn1CC. The highest BCUT2D eigenvalue weighted by Gasteiger charge is 2.21. The molecule has 0 aliphatic rings. The van der Waals surface area contributed by atoms with E-state index in [1.54, 1.807) is 6.20 Å². The van der Waals surface area contributed by atoms with Crippen molar-refractivity contribution in [3.63, 3.8) is 0 Å². The summed E-state index contributed by atoms with van der Waals surface area (Å²) in [6, 6.07) is 0. The van der Waals surface area contributed by atoms with Gasteiger partial charge in [0.2, 0.25) is 0 Å². The Bertz CT molecular complexity index is 279. The first-order valence-corrected chi connectivity index (χ1v) is 5.31. The Hall–Kier alpha value is -0.830. The van der Waals surface area contributed by atoms with Crippen LogP contribution in [0, 0.1) is 0 Å². The van der Waals surface area contributed by atoms with Gasteiger partial charge in [0.15, 0.2) is 0 Å². The monoisotopic (exact) mass is 196 g/mol. The van der Waals surface area contributed by atoms with Gasteiger partial charge in [0.25, 0.3) is 0 Å². The molecule has 0 spiro atoms. The summed E-state index contributed by atoms with van der Waals surface area (Å²) in [5.41, 5.74) is -0.618. The van der Waals surface area contributed by atoms with Gasteiger partial charge in [-0.1, -0.05) is 13.3 Å². The molecule has 3 heteroatoms. The van der Waals surface area contributed by atoms with E-state index in [0.717, 1.165) is 25.2 Å². The van der Waals surface area contributed by atoms with E-state index in [1.165, 1.54) is 0 Å². The molecule has 0 radical (unpaired) electrons. The fourth-order valence-electron chi connectivity index (χ4n) is 1.76. The van der Waals surface area contributed by atoms with Crippen molar-refractivity contribution in [1.82, 2.24) is 9.55 Å². The second-order valence-electron chi connectivity index (χ2n) is 4.05. The fraction of sp³-hybridized carbons (Fsp3) is 0.727. The van der Waals surface area contributed by atoms with Crippen molar-refractivity contribution in [2.45, 2.75) is 52.2 Å². The highest BCUT2D eigenvalue weighted by molar-refractivity contribution is 4.97. The van der Waals surface area contributed by atoms with Gasteiger partial charge in [0, 0.05) is 25.4 Å². The summed E-state index contributed by atoms with van der Waals surface area (Å²) >= 11 is 0. The predicted octanol–water partition coefficient (Wildman–Crippen LogP) is 2.00. The highest BCUT2D eigenvalue weighted by Crippen LogP contribution is 2.17. The third kappa shape index (κ3) is 2.84.